The van der Waals surface area contributed by atoms with Crippen LogP contribution in [0.3, 0.4) is 0 Å². The standard InChI is InChI=1S/C26H35N9O10P2S/c1-34(2)14-31-26-32-23-22(24(37)33-26)30-15-35(23)25-20(10-18(11-36)43-25)45-47(48,40-7-3-5-27)41-12-16-8-17(9-19(16)44-46(38)39)42-21-4-6-28-13-29-21/h4,6,13-20,25,36,46H,3,7-12H2,1-2H3,(H,38,39)(H,32,33,37)/t16-,17-,18+,19+,20-,25-,47+/m1/s1. The Morgan fingerprint density at radius 2 is 2.15 bits per heavy atom. The molecule has 1 unspecified atom stereocenters. The quantitative estimate of drug-likeness (QED) is 0.0821. The van der Waals surface area contributed by atoms with Crippen LogP contribution in [-0.4, -0.2) is 109 Å². The number of hydrogen-bond donors (Lipinski definition) is 3. The van der Waals surface area contributed by atoms with Crippen LogP contribution < -0.4 is 10.3 Å². The Morgan fingerprint density at radius 1 is 1.31 bits per heavy atom. The van der Waals surface area contributed by atoms with Gasteiger partial charge in [0.05, 0.1) is 57.2 Å². The number of aromatic amines is 1. The van der Waals surface area contributed by atoms with Gasteiger partial charge in [0.1, 0.15) is 18.5 Å². The Balaban J connectivity index is 1.37. The van der Waals surface area contributed by atoms with Crippen LogP contribution in [0, 0.1) is 17.2 Å². The van der Waals surface area contributed by atoms with E-state index in [1.165, 1.54) is 29.8 Å². The lowest BCUT2D eigenvalue weighted by Gasteiger charge is -2.29. The van der Waals surface area contributed by atoms with Crippen LogP contribution in [0.4, 0.5) is 5.95 Å². The third-order valence-electron chi connectivity index (χ3n) is 7.31. The Hall–Kier alpha value is -3.21. The lowest BCUT2D eigenvalue weighted by Crippen LogP contribution is -2.25. The molecule has 19 nitrogen and oxygen atoms in total. The van der Waals surface area contributed by atoms with Gasteiger partial charge in [-0.15, -0.1) is 0 Å². The molecule has 1 saturated heterocycles. The van der Waals surface area contributed by atoms with E-state index in [0.717, 1.165) is 0 Å². The van der Waals surface area contributed by atoms with Crippen molar-refractivity contribution in [3.8, 4) is 11.9 Å². The van der Waals surface area contributed by atoms with Crippen molar-refractivity contribution in [1.29, 1.82) is 5.26 Å². The van der Waals surface area contributed by atoms with E-state index >= 15 is 0 Å². The molecule has 22 heteroatoms. The van der Waals surface area contributed by atoms with Crippen molar-refractivity contribution in [3.05, 3.63) is 35.3 Å². The third kappa shape index (κ3) is 9.27. The number of aliphatic imine (C=N–C) groups is 1. The van der Waals surface area contributed by atoms with Crippen LogP contribution in [0.15, 0.2) is 34.7 Å². The predicted octanol–water partition coefficient (Wildman–Crippen LogP) is 1.59. The number of nitrogens with zero attached hydrogens (tertiary/aromatic N) is 8. The molecule has 0 bridgehead atoms. The molecular formula is C26H35N9O10P2S. The molecule has 1 saturated carbocycles. The predicted molar refractivity (Wildman–Crippen MR) is 172 cm³/mol. The van der Waals surface area contributed by atoms with E-state index in [4.69, 9.17) is 44.6 Å². The average Bonchev–Trinajstić information content (AvgIpc) is 3.76. The second-order valence-electron chi connectivity index (χ2n) is 11.1. The molecule has 48 heavy (non-hydrogen) atoms. The van der Waals surface area contributed by atoms with Gasteiger partial charge >= 0.3 is 15.0 Å². The first-order valence-electron chi connectivity index (χ1n) is 14.8. The van der Waals surface area contributed by atoms with E-state index in [1.54, 1.807) is 25.1 Å². The maximum absolute atomic E-state index is 12.8. The van der Waals surface area contributed by atoms with Crippen molar-refractivity contribution < 1.29 is 42.1 Å². The minimum absolute atomic E-state index is 0.000556. The monoisotopic (exact) mass is 727 g/mol. The van der Waals surface area contributed by atoms with E-state index < -0.39 is 57.1 Å². The SMILES string of the molecule is CN(C)C=Nc1nc2c(ncn2[C@@H]2O[C@H](CO)C[C@H]2O[P@](=S)(OCCC#N)OC[C@H]2C[C@@H](Oc3ccncn3)C[C@@H]2O[PH](=O)O)c(=O)[nH]1. The second-order valence-corrected chi connectivity index (χ2v) is 14.8. The first-order valence-corrected chi connectivity index (χ1v) is 18.6. The van der Waals surface area contributed by atoms with Gasteiger partial charge in [-0.3, -0.25) is 18.9 Å². The summed E-state index contributed by atoms with van der Waals surface area (Å²) in [6.45, 7) is -4.18. The number of fused-ring (bicyclic) bond motifs is 1. The lowest BCUT2D eigenvalue weighted by molar-refractivity contribution is -0.0480. The van der Waals surface area contributed by atoms with Crippen molar-refractivity contribution in [1.82, 2.24) is 34.4 Å². The minimum atomic E-state index is -3.65. The first-order chi connectivity index (χ1) is 23.1. The van der Waals surface area contributed by atoms with Gasteiger partial charge in [-0.05, 0) is 18.2 Å². The number of aliphatic hydroxyl groups is 1. The average molecular weight is 728 g/mol. The van der Waals surface area contributed by atoms with Crippen molar-refractivity contribution in [2.24, 2.45) is 10.9 Å². The highest BCUT2D eigenvalue weighted by Crippen LogP contribution is 2.55. The van der Waals surface area contributed by atoms with Gasteiger partial charge in [-0.25, -0.2) is 19.9 Å². The zero-order valence-corrected chi connectivity index (χ0v) is 28.6. The first kappa shape index (κ1) is 36.1. The van der Waals surface area contributed by atoms with Crippen LogP contribution in [0.5, 0.6) is 5.88 Å². The molecule has 1 aliphatic heterocycles. The number of nitriles is 1. The van der Waals surface area contributed by atoms with E-state index in [0.29, 0.717) is 12.3 Å². The number of ether oxygens (including phenoxy) is 2. The maximum atomic E-state index is 12.8. The third-order valence-corrected chi connectivity index (χ3v) is 10.2. The zero-order valence-electron chi connectivity index (χ0n) is 25.9. The molecule has 0 spiro atoms. The molecule has 8 atom stereocenters. The van der Waals surface area contributed by atoms with Gasteiger partial charge < -0.3 is 42.5 Å². The smallest absolute Gasteiger partial charge is 0.327 e. The highest BCUT2D eigenvalue weighted by atomic mass is 32.5. The molecule has 260 valence electrons. The highest BCUT2D eigenvalue weighted by molar-refractivity contribution is 8.07. The molecule has 3 aromatic heterocycles. The maximum Gasteiger partial charge on any atom is 0.327 e. The van der Waals surface area contributed by atoms with Crippen molar-refractivity contribution in [2.75, 3.05) is 33.9 Å². The molecule has 3 aromatic rings. The molecule has 5 rings (SSSR count). The Morgan fingerprint density at radius 3 is 2.85 bits per heavy atom. The van der Waals surface area contributed by atoms with Gasteiger partial charge in [0.15, 0.2) is 17.4 Å². The summed E-state index contributed by atoms with van der Waals surface area (Å²) >= 11 is 5.80. The topological polar surface area (TPSA) is 242 Å². The van der Waals surface area contributed by atoms with Crippen LogP contribution in [0.1, 0.15) is 31.9 Å². The molecule has 0 aromatic carbocycles. The zero-order chi connectivity index (χ0) is 34.3. The number of imidazole rings is 1. The molecule has 3 N–H and O–H groups in total. The largest absolute Gasteiger partial charge is 0.474 e. The van der Waals surface area contributed by atoms with Gasteiger partial charge in [0, 0.05) is 45.1 Å². The number of aromatic nitrogens is 6. The van der Waals surface area contributed by atoms with Gasteiger partial charge in [-0.2, -0.15) is 10.2 Å². The van der Waals surface area contributed by atoms with Crippen molar-refractivity contribution in [3.63, 3.8) is 0 Å². The Bertz CT molecular complexity index is 1740. The van der Waals surface area contributed by atoms with Gasteiger partial charge in [0.25, 0.3) is 5.56 Å². The Kier molecular flexibility index (Phi) is 12.4. The molecule has 0 radical (unpaired) electrons. The molecule has 0 amide bonds. The molecular weight excluding hydrogens is 692 g/mol. The summed E-state index contributed by atoms with van der Waals surface area (Å²) in [6, 6.07) is 3.58. The summed E-state index contributed by atoms with van der Waals surface area (Å²) in [4.78, 5) is 47.3. The molecule has 2 aliphatic rings. The number of nitrogens with one attached hydrogen (secondary N) is 1. The second kappa shape index (κ2) is 16.5. The minimum Gasteiger partial charge on any atom is -0.474 e. The summed E-state index contributed by atoms with van der Waals surface area (Å²) in [5.74, 6) is -0.0730. The van der Waals surface area contributed by atoms with Crippen LogP contribution in [0.25, 0.3) is 11.2 Å². The van der Waals surface area contributed by atoms with Crippen molar-refractivity contribution >= 4 is 50.2 Å². The highest BCUT2D eigenvalue weighted by Gasteiger charge is 2.44. The number of rotatable bonds is 16. The van der Waals surface area contributed by atoms with E-state index in [2.05, 4.69) is 29.9 Å². The summed E-state index contributed by atoms with van der Waals surface area (Å²) in [5, 5.41) is 19.1. The van der Waals surface area contributed by atoms with E-state index in [-0.39, 0.29) is 56.2 Å². The summed E-state index contributed by atoms with van der Waals surface area (Å²) in [7, 11) is 0.227. The van der Waals surface area contributed by atoms with Crippen molar-refractivity contribution in [2.45, 2.75) is 56.3 Å². The summed E-state index contributed by atoms with van der Waals surface area (Å²) in [6.07, 6.45) is 2.90. The summed E-state index contributed by atoms with van der Waals surface area (Å²) in [5.41, 5.74) is -0.335. The van der Waals surface area contributed by atoms with E-state index in [9.17, 15) is 19.4 Å². The molecule has 4 heterocycles. The van der Waals surface area contributed by atoms with Crippen LogP contribution in [0.2, 0.25) is 0 Å². The van der Waals surface area contributed by atoms with Crippen LogP contribution in [-0.2, 0) is 39.2 Å². The van der Waals surface area contributed by atoms with Crippen LogP contribution >= 0.6 is 15.0 Å². The fourth-order valence-electron chi connectivity index (χ4n) is 5.26. The molecule has 2 fully saturated rings. The fraction of sp³-hybridized carbons (Fsp3) is 0.577. The van der Waals surface area contributed by atoms with Gasteiger partial charge in [0.2, 0.25) is 11.8 Å². The normalized spacial score (nSPS) is 26.1. The number of aliphatic hydroxyl groups excluding tert-OH is 1. The van der Waals surface area contributed by atoms with E-state index in [1.807, 2.05) is 6.07 Å². The lowest BCUT2D eigenvalue weighted by atomic mass is 10.1. The summed E-state index contributed by atoms with van der Waals surface area (Å²) < 4.78 is 48.9. The molecule has 1 aliphatic carbocycles. The fourth-order valence-corrected chi connectivity index (χ4v) is 7.95. The Labute approximate surface area is 280 Å². The number of hydrogen-bond acceptors (Lipinski definition) is 16. The number of H-pyrrole nitrogens is 1. The van der Waals surface area contributed by atoms with Gasteiger partial charge in [-0.1, -0.05) is 0 Å².